The highest BCUT2D eigenvalue weighted by Crippen LogP contribution is 2.23. The minimum atomic E-state index is 0.871. The highest BCUT2D eigenvalue weighted by molar-refractivity contribution is 4.88. The number of hydrogen-bond donors (Lipinski definition) is 1. The first-order valence-corrected chi connectivity index (χ1v) is 7.48. The molecule has 0 radical (unpaired) electrons. The Morgan fingerprint density at radius 1 is 1.06 bits per heavy atom. The number of likely N-dealkylation sites (tertiary alicyclic amines) is 2. The van der Waals surface area contributed by atoms with Crippen LogP contribution in [0.2, 0.25) is 0 Å². The van der Waals surface area contributed by atoms with Gasteiger partial charge in [0.2, 0.25) is 0 Å². The molecule has 1 unspecified atom stereocenters. The molecule has 0 saturated carbocycles. The Morgan fingerprint density at radius 2 is 1.82 bits per heavy atom. The lowest BCUT2D eigenvalue weighted by Gasteiger charge is -2.35. The van der Waals surface area contributed by atoms with Crippen molar-refractivity contribution >= 4 is 0 Å². The molecule has 0 bridgehead atoms. The van der Waals surface area contributed by atoms with Gasteiger partial charge >= 0.3 is 0 Å². The summed E-state index contributed by atoms with van der Waals surface area (Å²) in [5, 5.41) is 3.38. The van der Waals surface area contributed by atoms with Crippen LogP contribution in [0.25, 0.3) is 0 Å². The molecule has 0 amide bonds. The maximum atomic E-state index is 3.38. The first-order valence-electron chi connectivity index (χ1n) is 7.48. The topological polar surface area (TPSA) is 18.5 Å². The number of nitrogens with one attached hydrogen (secondary N) is 1. The van der Waals surface area contributed by atoms with E-state index in [1.807, 2.05) is 0 Å². The molecule has 0 aromatic heterocycles. The minimum Gasteiger partial charge on any atom is -0.316 e. The molecule has 3 nitrogen and oxygen atoms in total. The maximum Gasteiger partial charge on any atom is 0.0235 e. The van der Waals surface area contributed by atoms with Gasteiger partial charge < -0.3 is 10.2 Å². The van der Waals surface area contributed by atoms with Crippen LogP contribution in [0.1, 0.15) is 26.2 Å². The summed E-state index contributed by atoms with van der Waals surface area (Å²) in [6, 6.07) is 0.871. The molecular formula is C14H27N3. The Kier molecular flexibility index (Phi) is 3.69. The molecule has 3 heteroatoms. The SMILES string of the molecule is CC1CCN(C2CCN(CC3CNC3)C2)CC1. The first-order chi connectivity index (χ1) is 8.31. The van der Waals surface area contributed by atoms with Crippen LogP contribution < -0.4 is 5.32 Å². The Balaban J connectivity index is 1.43. The van der Waals surface area contributed by atoms with Gasteiger partial charge in [0, 0.05) is 32.2 Å². The van der Waals surface area contributed by atoms with Gasteiger partial charge in [-0.3, -0.25) is 4.90 Å². The van der Waals surface area contributed by atoms with Gasteiger partial charge in [-0.05, 0) is 50.7 Å². The van der Waals surface area contributed by atoms with Crippen LogP contribution in [-0.2, 0) is 0 Å². The van der Waals surface area contributed by atoms with Gasteiger partial charge in [0.05, 0.1) is 0 Å². The monoisotopic (exact) mass is 237 g/mol. The quantitative estimate of drug-likeness (QED) is 0.790. The largest absolute Gasteiger partial charge is 0.316 e. The van der Waals surface area contributed by atoms with E-state index in [4.69, 9.17) is 0 Å². The van der Waals surface area contributed by atoms with E-state index in [2.05, 4.69) is 22.0 Å². The molecule has 3 aliphatic rings. The molecule has 17 heavy (non-hydrogen) atoms. The second-order valence-electron chi connectivity index (χ2n) is 6.44. The zero-order valence-electron chi connectivity index (χ0n) is 11.2. The molecule has 0 aliphatic carbocycles. The van der Waals surface area contributed by atoms with Crippen LogP contribution >= 0.6 is 0 Å². The smallest absolute Gasteiger partial charge is 0.0235 e. The molecule has 0 aromatic carbocycles. The fourth-order valence-electron chi connectivity index (χ4n) is 3.51. The van der Waals surface area contributed by atoms with Gasteiger partial charge in [-0.2, -0.15) is 0 Å². The summed E-state index contributed by atoms with van der Waals surface area (Å²) in [6.45, 7) is 11.6. The zero-order chi connectivity index (χ0) is 11.7. The predicted octanol–water partition coefficient (Wildman–Crippen LogP) is 1.01. The third-order valence-electron chi connectivity index (χ3n) is 4.96. The van der Waals surface area contributed by atoms with Crippen molar-refractivity contribution in [1.29, 1.82) is 0 Å². The molecule has 3 saturated heterocycles. The molecule has 3 heterocycles. The van der Waals surface area contributed by atoms with Crippen molar-refractivity contribution in [3.63, 3.8) is 0 Å². The van der Waals surface area contributed by atoms with Crippen molar-refractivity contribution < 1.29 is 0 Å². The molecule has 98 valence electrons. The second kappa shape index (κ2) is 5.25. The molecule has 3 aliphatic heterocycles. The van der Waals surface area contributed by atoms with Crippen molar-refractivity contribution in [2.75, 3.05) is 45.8 Å². The Hall–Kier alpha value is -0.120. The highest BCUT2D eigenvalue weighted by atomic mass is 15.3. The Bertz CT molecular complexity index is 244. The summed E-state index contributed by atoms with van der Waals surface area (Å²) in [5.74, 6) is 1.90. The lowest BCUT2D eigenvalue weighted by Crippen LogP contribution is -2.48. The van der Waals surface area contributed by atoms with Crippen molar-refractivity contribution in [1.82, 2.24) is 15.1 Å². The normalized spacial score (nSPS) is 34.1. The number of hydrogen-bond acceptors (Lipinski definition) is 3. The van der Waals surface area contributed by atoms with E-state index >= 15 is 0 Å². The van der Waals surface area contributed by atoms with Crippen LogP contribution in [0.15, 0.2) is 0 Å². The number of rotatable bonds is 3. The first kappa shape index (κ1) is 11.9. The van der Waals surface area contributed by atoms with E-state index in [-0.39, 0.29) is 0 Å². The van der Waals surface area contributed by atoms with E-state index in [1.165, 1.54) is 65.1 Å². The number of piperidine rings is 1. The molecule has 3 fully saturated rings. The van der Waals surface area contributed by atoms with Crippen molar-refractivity contribution in [3.8, 4) is 0 Å². The van der Waals surface area contributed by atoms with Crippen LogP contribution in [0.4, 0.5) is 0 Å². The Morgan fingerprint density at radius 3 is 2.47 bits per heavy atom. The summed E-state index contributed by atoms with van der Waals surface area (Å²) in [7, 11) is 0. The van der Waals surface area contributed by atoms with Gasteiger partial charge in [-0.25, -0.2) is 0 Å². The Labute approximate surface area is 106 Å². The van der Waals surface area contributed by atoms with Crippen molar-refractivity contribution in [3.05, 3.63) is 0 Å². The average molecular weight is 237 g/mol. The molecular weight excluding hydrogens is 210 g/mol. The highest BCUT2D eigenvalue weighted by Gasteiger charge is 2.31. The third kappa shape index (κ3) is 2.83. The lowest BCUT2D eigenvalue weighted by atomic mass is 9.98. The standard InChI is InChI=1S/C14H27N3/c1-12-2-6-17(7-3-12)14-4-5-16(11-14)10-13-8-15-9-13/h12-15H,2-11H2,1H3. The third-order valence-corrected chi connectivity index (χ3v) is 4.96. The predicted molar refractivity (Wildman–Crippen MR) is 71.2 cm³/mol. The maximum absolute atomic E-state index is 3.38. The van der Waals surface area contributed by atoms with Gasteiger partial charge in [-0.1, -0.05) is 6.92 Å². The van der Waals surface area contributed by atoms with E-state index < -0.39 is 0 Å². The molecule has 1 atom stereocenters. The van der Waals surface area contributed by atoms with Crippen LogP contribution in [0, 0.1) is 11.8 Å². The second-order valence-corrected chi connectivity index (χ2v) is 6.44. The summed E-state index contributed by atoms with van der Waals surface area (Å²) >= 11 is 0. The van der Waals surface area contributed by atoms with E-state index in [0.717, 1.165) is 17.9 Å². The van der Waals surface area contributed by atoms with Crippen molar-refractivity contribution in [2.45, 2.75) is 32.2 Å². The van der Waals surface area contributed by atoms with Crippen LogP contribution in [-0.4, -0.2) is 61.7 Å². The van der Waals surface area contributed by atoms with Gasteiger partial charge in [-0.15, -0.1) is 0 Å². The van der Waals surface area contributed by atoms with Crippen molar-refractivity contribution in [2.24, 2.45) is 11.8 Å². The summed E-state index contributed by atoms with van der Waals surface area (Å²) < 4.78 is 0. The minimum absolute atomic E-state index is 0.871. The van der Waals surface area contributed by atoms with Crippen LogP contribution in [0.5, 0.6) is 0 Å². The average Bonchev–Trinajstić information content (AvgIpc) is 2.73. The van der Waals surface area contributed by atoms with E-state index in [9.17, 15) is 0 Å². The lowest BCUT2D eigenvalue weighted by molar-refractivity contribution is 0.133. The van der Waals surface area contributed by atoms with E-state index in [1.54, 1.807) is 0 Å². The van der Waals surface area contributed by atoms with Crippen LogP contribution in [0.3, 0.4) is 0 Å². The molecule has 3 rings (SSSR count). The number of nitrogens with zero attached hydrogens (tertiary/aromatic N) is 2. The van der Waals surface area contributed by atoms with Gasteiger partial charge in [0.1, 0.15) is 0 Å². The summed E-state index contributed by atoms with van der Waals surface area (Å²) in [5.41, 5.74) is 0. The fourth-order valence-corrected chi connectivity index (χ4v) is 3.51. The summed E-state index contributed by atoms with van der Waals surface area (Å²) in [4.78, 5) is 5.47. The summed E-state index contributed by atoms with van der Waals surface area (Å²) in [6.07, 6.45) is 4.25. The molecule has 1 N–H and O–H groups in total. The molecule has 0 spiro atoms. The zero-order valence-corrected chi connectivity index (χ0v) is 11.2. The molecule has 0 aromatic rings. The van der Waals surface area contributed by atoms with Gasteiger partial charge in [0.15, 0.2) is 0 Å². The van der Waals surface area contributed by atoms with Gasteiger partial charge in [0.25, 0.3) is 0 Å². The van der Waals surface area contributed by atoms with E-state index in [0.29, 0.717) is 0 Å². The fraction of sp³-hybridized carbons (Fsp3) is 1.00.